The van der Waals surface area contributed by atoms with Crippen LogP contribution in [0.4, 0.5) is 4.39 Å². The molecular formula is C25H25FN3O5S-. The van der Waals surface area contributed by atoms with Gasteiger partial charge in [-0.2, -0.15) is 0 Å². The van der Waals surface area contributed by atoms with Gasteiger partial charge >= 0.3 is 0 Å². The summed E-state index contributed by atoms with van der Waals surface area (Å²) in [5.41, 5.74) is 1.82. The van der Waals surface area contributed by atoms with E-state index in [0.29, 0.717) is 24.7 Å². The van der Waals surface area contributed by atoms with Gasteiger partial charge in [-0.05, 0) is 41.8 Å². The molecule has 3 aromatic rings. The minimum absolute atomic E-state index is 0.0505. The van der Waals surface area contributed by atoms with Crippen molar-refractivity contribution >= 4 is 11.1 Å². The molecule has 2 aliphatic heterocycles. The van der Waals surface area contributed by atoms with Crippen LogP contribution in [0.25, 0.3) is 0 Å². The Balaban J connectivity index is 1.28. The van der Waals surface area contributed by atoms with Crippen molar-refractivity contribution in [3.63, 3.8) is 0 Å². The maximum Gasteiger partial charge on any atom is 0.229 e. The van der Waals surface area contributed by atoms with Crippen LogP contribution in [0.3, 0.4) is 0 Å². The van der Waals surface area contributed by atoms with Crippen LogP contribution in [0.15, 0.2) is 59.8 Å². The molecule has 8 nitrogen and oxygen atoms in total. The Morgan fingerprint density at radius 2 is 1.83 bits per heavy atom. The van der Waals surface area contributed by atoms with Crippen molar-refractivity contribution < 1.29 is 27.4 Å². The van der Waals surface area contributed by atoms with Crippen molar-refractivity contribution in [1.82, 2.24) is 14.9 Å². The average molecular weight is 499 g/mol. The molecule has 35 heavy (non-hydrogen) atoms. The lowest BCUT2D eigenvalue weighted by Gasteiger charge is -2.48. The highest BCUT2D eigenvalue weighted by atomic mass is 32.2. The van der Waals surface area contributed by atoms with E-state index in [4.69, 9.17) is 14.2 Å². The molecular weight excluding hydrogens is 473 g/mol. The van der Waals surface area contributed by atoms with Gasteiger partial charge in [0.05, 0.1) is 18.8 Å². The van der Waals surface area contributed by atoms with Crippen molar-refractivity contribution in [2.24, 2.45) is 0 Å². The zero-order chi connectivity index (χ0) is 24.4. The van der Waals surface area contributed by atoms with E-state index in [1.54, 1.807) is 6.92 Å². The van der Waals surface area contributed by atoms with Gasteiger partial charge in [0.15, 0.2) is 11.6 Å². The summed E-state index contributed by atoms with van der Waals surface area (Å²) in [5, 5.41) is 0. The molecule has 3 atom stereocenters. The molecule has 0 N–H and O–H groups in total. The second kappa shape index (κ2) is 10.4. The second-order valence-electron chi connectivity index (χ2n) is 8.75. The Labute approximate surface area is 205 Å². The van der Waals surface area contributed by atoms with Crippen molar-refractivity contribution in [2.75, 3.05) is 13.2 Å². The standard InChI is InChI=1S/C25H26FN3O5S/c1-16-24(27-15-28-25(16)34-23-8-7-21(35(30)31)11-22(23)26)33-20-9-18-13-32-14-19(10-20)29(18)12-17-5-3-2-4-6-17/h2-8,11,15,18-20H,9-10,12-14H2,1H3,(H,30,31)/p-1. The Morgan fingerprint density at radius 1 is 1.11 bits per heavy atom. The van der Waals surface area contributed by atoms with E-state index in [-0.39, 0.29) is 34.7 Å². The maximum atomic E-state index is 14.3. The van der Waals surface area contributed by atoms with Gasteiger partial charge in [0.25, 0.3) is 0 Å². The molecule has 2 aromatic carbocycles. The third-order valence-corrected chi connectivity index (χ3v) is 7.05. The van der Waals surface area contributed by atoms with Gasteiger partial charge in [-0.1, -0.05) is 30.3 Å². The fraction of sp³-hybridized carbons (Fsp3) is 0.360. The number of rotatable bonds is 7. The average Bonchev–Trinajstić information content (AvgIpc) is 2.84. The van der Waals surface area contributed by atoms with Crippen LogP contribution < -0.4 is 9.47 Å². The number of nitrogens with zero attached hydrogens (tertiary/aromatic N) is 3. The molecule has 0 saturated carbocycles. The van der Waals surface area contributed by atoms with Crippen LogP contribution in [-0.2, 0) is 22.4 Å². The van der Waals surface area contributed by atoms with Gasteiger partial charge in [0.2, 0.25) is 11.8 Å². The third kappa shape index (κ3) is 5.35. The number of piperidine rings is 1. The van der Waals surface area contributed by atoms with Gasteiger partial charge in [0.1, 0.15) is 12.4 Å². The largest absolute Gasteiger partial charge is 0.768 e. The number of aromatic nitrogens is 2. The molecule has 0 radical (unpaired) electrons. The number of hydrogen-bond donors (Lipinski definition) is 0. The fourth-order valence-corrected chi connectivity index (χ4v) is 5.04. The lowest BCUT2D eigenvalue weighted by molar-refractivity contribution is -0.104. The molecule has 0 amide bonds. The van der Waals surface area contributed by atoms with E-state index in [2.05, 4.69) is 39.1 Å². The highest BCUT2D eigenvalue weighted by Crippen LogP contribution is 2.34. The molecule has 10 heteroatoms. The summed E-state index contributed by atoms with van der Waals surface area (Å²) in [7, 11) is 0. The summed E-state index contributed by atoms with van der Waals surface area (Å²) in [6.45, 7) is 3.94. The van der Waals surface area contributed by atoms with Crippen LogP contribution in [0.5, 0.6) is 17.5 Å². The van der Waals surface area contributed by atoms with Crippen LogP contribution >= 0.6 is 0 Å². The minimum Gasteiger partial charge on any atom is -0.768 e. The first kappa shape index (κ1) is 23.8. The first-order chi connectivity index (χ1) is 17.0. The molecule has 0 aliphatic carbocycles. The molecule has 184 valence electrons. The predicted octanol–water partition coefficient (Wildman–Crippen LogP) is 3.77. The first-order valence-electron chi connectivity index (χ1n) is 11.4. The maximum absolute atomic E-state index is 14.3. The summed E-state index contributed by atoms with van der Waals surface area (Å²) in [6.07, 6.45) is 2.85. The highest BCUT2D eigenvalue weighted by molar-refractivity contribution is 7.79. The number of ether oxygens (including phenoxy) is 3. The number of halogens is 1. The quantitative estimate of drug-likeness (QED) is 0.454. The Kier molecular flexibility index (Phi) is 7.05. The lowest BCUT2D eigenvalue weighted by Crippen LogP contribution is -2.58. The topological polar surface area (TPSA) is 96.8 Å². The Morgan fingerprint density at radius 3 is 2.51 bits per heavy atom. The van der Waals surface area contributed by atoms with E-state index in [0.717, 1.165) is 25.5 Å². The van der Waals surface area contributed by atoms with Crippen LogP contribution in [0.1, 0.15) is 24.0 Å². The Hall–Kier alpha value is -2.92. The number of morpholine rings is 1. The molecule has 5 rings (SSSR count). The zero-order valence-electron chi connectivity index (χ0n) is 19.1. The normalized spacial score (nSPS) is 23.0. The zero-order valence-corrected chi connectivity index (χ0v) is 19.9. The van der Waals surface area contributed by atoms with E-state index in [9.17, 15) is 13.2 Å². The number of hydrogen-bond acceptors (Lipinski definition) is 8. The molecule has 3 heterocycles. The monoisotopic (exact) mass is 498 g/mol. The second-order valence-corrected chi connectivity index (χ2v) is 9.69. The third-order valence-electron chi connectivity index (χ3n) is 6.41. The Bertz CT molecular complexity index is 1200. The lowest BCUT2D eigenvalue weighted by atomic mass is 9.91. The predicted molar refractivity (Wildman–Crippen MR) is 124 cm³/mol. The summed E-state index contributed by atoms with van der Waals surface area (Å²) < 4.78 is 54.2. The summed E-state index contributed by atoms with van der Waals surface area (Å²) in [5.74, 6) is -0.401. The van der Waals surface area contributed by atoms with Gasteiger partial charge in [0, 0.05) is 36.4 Å². The van der Waals surface area contributed by atoms with Crippen LogP contribution in [0.2, 0.25) is 0 Å². The van der Waals surface area contributed by atoms with Gasteiger partial charge < -0.3 is 18.8 Å². The van der Waals surface area contributed by atoms with Gasteiger partial charge in [-0.3, -0.25) is 9.11 Å². The smallest absolute Gasteiger partial charge is 0.229 e. The van der Waals surface area contributed by atoms with Gasteiger partial charge in [-0.15, -0.1) is 0 Å². The molecule has 2 bridgehead atoms. The fourth-order valence-electron chi connectivity index (χ4n) is 4.66. The van der Waals surface area contributed by atoms with Crippen LogP contribution in [-0.4, -0.2) is 55.0 Å². The van der Waals surface area contributed by atoms with E-state index in [1.165, 1.54) is 24.0 Å². The van der Waals surface area contributed by atoms with Crippen molar-refractivity contribution in [1.29, 1.82) is 0 Å². The van der Waals surface area contributed by atoms with Gasteiger partial charge in [-0.25, -0.2) is 14.4 Å². The molecule has 0 spiro atoms. The van der Waals surface area contributed by atoms with Crippen molar-refractivity contribution in [3.8, 4) is 17.5 Å². The molecule has 3 unspecified atom stereocenters. The van der Waals surface area contributed by atoms with E-state index >= 15 is 0 Å². The molecule has 2 saturated heterocycles. The highest BCUT2D eigenvalue weighted by Gasteiger charge is 2.40. The molecule has 2 aliphatic rings. The molecule has 1 aromatic heterocycles. The van der Waals surface area contributed by atoms with E-state index in [1.807, 2.05) is 6.07 Å². The SMILES string of the molecule is Cc1c(Oc2ccc(S(=O)[O-])cc2F)ncnc1OC1CC2COCC(C1)N2Cc1ccccc1. The summed E-state index contributed by atoms with van der Waals surface area (Å²) in [4.78, 5) is 10.7. The summed E-state index contributed by atoms with van der Waals surface area (Å²) in [6, 6.07) is 14.3. The van der Waals surface area contributed by atoms with Crippen molar-refractivity contribution in [3.05, 3.63) is 71.8 Å². The number of fused-ring (bicyclic) bond motifs is 2. The summed E-state index contributed by atoms with van der Waals surface area (Å²) >= 11 is -2.53. The van der Waals surface area contributed by atoms with E-state index < -0.39 is 16.9 Å². The first-order valence-corrected chi connectivity index (χ1v) is 12.5. The minimum atomic E-state index is -2.53. The van der Waals surface area contributed by atoms with Crippen molar-refractivity contribution in [2.45, 2.75) is 49.4 Å². The number of benzene rings is 2. The molecule has 2 fully saturated rings. The van der Waals surface area contributed by atoms with Crippen LogP contribution in [0, 0.1) is 12.7 Å².